The number of benzene rings is 3. The van der Waals surface area contributed by atoms with E-state index in [1.807, 2.05) is 19.1 Å². The van der Waals surface area contributed by atoms with E-state index in [-0.39, 0.29) is 22.6 Å². The minimum Gasteiger partial charge on any atom is -0.497 e. The van der Waals surface area contributed by atoms with Gasteiger partial charge in [-0.15, -0.1) is 0 Å². The molecular weight excluding hydrogens is 474 g/mol. The Morgan fingerprint density at radius 3 is 2.05 bits per heavy atom. The van der Waals surface area contributed by atoms with Crippen LogP contribution in [0.3, 0.4) is 0 Å². The molecule has 3 aromatic carbocycles. The van der Waals surface area contributed by atoms with Gasteiger partial charge in [-0.25, -0.2) is 4.90 Å². The van der Waals surface area contributed by atoms with Gasteiger partial charge in [-0.2, -0.15) is 0 Å². The normalized spacial score (nSPS) is 23.5. The number of methoxy groups -OCH3 is 2. The number of imide groups is 1. The lowest BCUT2D eigenvalue weighted by Crippen LogP contribution is -2.51. The first-order valence-corrected chi connectivity index (χ1v) is 11.9. The lowest BCUT2D eigenvalue weighted by molar-refractivity contribution is -0.127. The summed E-state index contributed by atoms with van der Waals surface area (Å²) in [6.07, 6.45) is -0.974. The smallest absolute Gasteiger partial charge is 0.241 e. The van der Waals surface area contributed by atoms with Gasteiger partial charge in [0.2, 0.25) is 29.0 Å². The maximum absolute atomic E-state index is 14.1. The molecule has 3 aliphatic rings. The zero-order valence-corrected chi connectivity index (χ0v) is 20.4. The van der Waals surface area contributed by atoms with Crippen molar-refractivity contribution < 1.29 is 33.4 Å². The molecule has 2 fully saturated rings. The van der Waals surface area contributed by atoms with Gasteiger partial charge in [0, 0.05) is 17.2 Å². The number of Topliss-reactive ketones (excluding diaryl/α,β-unsaturated/α-hetero) is 2. The van der Waals surface area contributed by atoms with Crippen molar-refractivity contribution in [2.75, 3.05) is 19.1 Å². The second-order valence-corrected chi connectivity index (χ2v) is 9.44. The van der Waals surface area contributed by atoms with Crippen LogP contribution in [0.25, 0.3) is 0 Å². The summed E-state index contributed by atoms with van der Waals surface area (Å²) < 4.78 is 17.0. The predicted octanol–water partition coefficient (Wildman–Crippen LogP) is 3.71. The highest BCUT2D eigenvalue weighted by atomic mass is 16.5. The molecule has 0 aromatic heterocycles. The highest BCUT2D eigenvalue weighted by molar-refractivity contribution is 6.37. The summed E-state index contributed by atoms with van der Waals surface area (Å²) in [5.74, 6) is -4.11. The van der Waals surface area contributed by atoms with Gasteiger partial charge in [0.25, 0.3) is 0 Å². The average molecular weight is 498 g/mol. The van der Waals surface area contributed by atoms with Crippen LogP contribution in [-0.4, -0.2) is 43.2 Å². The van der Waals surface area contributed by atoms with Crippen molar-refractivity contribution in [1.82, 2.24) is 0 Å². The number of carbonyl (C=O) groups is 4. The molecule has 3 unspecified atom stereocenters. The van der Waals surface area contributed by atoms with Crippen LogP contribution < -0.4 is 14.4 Å². The highest BCUT2D eigenvalue weighted by Crippen LogP contribution is 2.58. The molecule has 2 aliphatic heterocycles. The van der Waals surface area contributed by atoms with Crippen LogP contribution in [0.15, 0.2) is 66.7 Å². The predicted molar refractivity (Wildman–Crippen MR) is 132 cm³/mol. The van der Waals surface area contributed by atoms with Gasteiger partial charge in [0.15, 0.2) is 0 Å². The zero-order chi connectivity index (χ0) is 26.1. The van der Waals surface area contributed by atoms with E-state index in [0.717, 1.165) is 10.5 Å². The third kappa shape index (κ3) is 2.99. The van der Waals surface area contributed by atoms with Crippen LogP contribution in [0.4, 0.5) is 5.69 Å². The molecule has 8 nitrogen and oxygen atoms in total. The van der Waals surface area contributed by atoms with E-state index in [9.17, 15) is 19.2 Å². The Balaban J connectivity index is 1.54. The molecule has 8 heteroatoms. The van der Waals surface area contributed by atoms with Crippen molar-refractivity contribution in [2.24, 2.45) is 11.8 Å². The summed E-state index contributed by atoms with van der Waals surface area (Å²) in [6.45, 7) is 1.92. The van der Waals surface area contributed by atoms with Gasteiger partial charge in [-0.3, -0.25) is 19.2 Å². The second-order valence-electron chi connectivity index (χ2n) is 9.44. The van der Waals surface area contributed by atoms with Crippen molar-refractivity contribution in [3.8, 4) is 11.5 Å². The van der Waals surface area contributed by atoms with Crippen LogP contribution in [0.5, 0.6) is 11.5 Å². The number of aryl methyl sites for hydroxylation is 1. The number of fused-ring (bicyclic) bond motifs is 3. The summed E-state index contributed by atoms with van der Waals surface area (Å²) >= 11 is 0. The minimum absolute atomic E-state index is 0.191. The van der Waals surface area contributed by atoms with E-state index < -0.39 is 46.9 Å². The second kappa shape index (κ2) is 8.11. The molecule has 6 rings (SSSR count). The number of amides is 2. The first-order chi connectivity index (χ1) is 17.8. The molecule has 2 saturated heterocycles. The van der Waals surface area contributed by atoms with E-state index in [2.05, 4.69) is 0 Å². The standard InChI is InChI=1S/C29H23NO7/c1-15-8-10-16(11-9-15)24-22-23(29(37-24)25(31)18-6-4-5-7-19(18)26(29)32)28(34)30(27(22)33)20-13-12-17(35-2)14-21(20)36-3/h4-14,22-24H,1-3H3. The lowest BCUT2D eigenvalue weighted by Gasteiger charge is -2.27. The Kier molecular flexibility index (Phi) is 5.07. The Morgan fingerprint density at radius 1 is 0.811 bits per heavy atom. The van der Waals surface area contributed by atoms with Crippen LogP contribution in [0.1, 0.15) is 37.9 Å². The molecule has 0 bridgehead atoms. The Hall–Kier alpha value is -4.30. The topological polar surface area (TPSA) is 99.2 Å². The molecule has 0 N–H and O–H groups in total. The Morgan fingerprint density at radius 2 is 1.46 bits per heavy atom. The van der Waals surface area contributed by atoms with Gasteiger partial charge in [0.05, 0.1) is 37.8 Å². The van der Waals surface area contributed by atoms with Gasteiger partial charge in [-0.1, -0.05) is 54.1 Å². The van der Waals surface area contributed by atoms with E-state index in [4.69, 9.17) is 14.2 Å². The fraction of sp³-hybridized carbons (Fsp3) is 0.241. The van der Waals surface area contributed by atoms with E-state index in [1.54, 1.807) is 54.6 Å². The summed E-state index contributed by atoms with van der Waals surface area (Å²) in [5.41, 5.74) is 0.0741. The first-order valence-electron chi connectivity index (χ1n) is 11.9. The molecule has 2 amide bonds. The van der Waals surface area contributed by atoms with Gasteiger partial charge < -0.3 is 14.2 Å². The number of ketones is 2. The van der Waals surface area contributed by atoms with Crippen molar-refractivity contribution in [2.45, 2.75) is 18.6 Å². The van der Waals surface area contributed by atoms with Gasteiger partial charge in [0.1, 0.15) is 11.5 Å². The summed E-state index contributed by atoms with van der Waals surface area (Å²) in [6, 6.07) is 18.4. The number of anilines is 1. The SMILES string of the molecule is COc1ccc(N2C(=O)C3C(c4ccc(C)cc4)OC4(C(=O)c5ccccc5C4=O)C3C2=O)c(OC)c1. The summed E-state index contributed by atoms with van der Waals surface area (Å²) in [7, 11) is 2.91. The summed E-state index contributed by atoms with van der Waals surface area (Å²) in [4.78, 5) is 56.8. The molecule has 186 valence electrons. The van der Waals surface area contributed by atoms with E-state index in [0.29, 0.717) is 11.3 Å². The largest absolute Gasteiger partial charge is 0.497 e. The molecule has 1 aliphatic carbocycles. The van der Waals surface area contributed by atoms with Crippen LogP contribution >= 0.6 is 0 Å². The Labute approximate surface area is 212 Å². The Bertz CT molecular complexity index is 1460. The molecule has 3 atom stereocenters. The number of hydrogen-bond acceptors (Lipinski definition) is 7. The van der Waals surface area contributed by atoms with Crippen molar-refractivity contribution in [3.63, 3.8) is 0 Å². The number of carbonyl (C=O) groups excluding carboxylic acids is 4. The fourth-order valence-corrected chi connectivity index (χ4v) is 5.78. The first kappa shape index (κ1) is 23.1. The van der Waals surface area contributed by atoms with E-state index >= 15 is 0 Å². The molecular formula is C29H23NO7. The number of rotatable bonds is 4. The summed E-state index contributed by atoms with van der Waals surface area (Å²) in [5, 5.41) is 0. The number of nitrogens with zero attached hydrogens (tertiary/aromatic N) is 1. The van der Waals surface area contributed by atoms with Crippen molar-refractivity contribution >= 4 is 29.1 Å². The van der Waals surface area contributed by atoms with Crippen LogP contribution in [0.2, 0.25) is 0 Å². The lowest BCUT2D eigenvalue weighted by atomic mass is 9.77. The third-order valence-corrected chi connectivity index (χ3v) is 7.55. The highest BCUT2D eigenvalue weighted by Gasteiger charge is 2.74. The van der Waals surface area contributed by atoms with Gasteiger partial charge >= 0.3 is 0 Å². The maximum atomic E-state index is 14.1. The van der Waals surface area contributed by atoms with Gasteiger partial charge in [-0.05, 0) is 24.6 Å². The van der Waals surface area contributed by atoms with Crippen LogP contribution in [-0.2, 0) is 14.3 Å². The van der Waals surface area contributed by atoms with Crippen molar-refractivity contribution in [1.29, 1.82) is 0 Å². The monoisotopic (exact) mass is 497 g/mol. The molecule has 37 heavy (non-hydrogen) atoms. The zero-order valence-electron chi connectivity index (χ0n) is 20.4. The minimum atomic E-state index is -2.12. The maximum Gasteiger partial charge on any atom is 0.241 e. The fourth-order valence-electron chi connectivity index (χ4n) is 5.78. The average Bonchev–Trinajstić information content (AvgIpc) is 3.48. The third-order valence-electron chi connectivity index (χ3n) is 7.55. The molecule has 0 radical (unpaired) electrons. The molecule has 2 heterocycles. The number of ether oxygens (including phenoxy) is 3. The molecule has 3 aromatic rings. The van der Waals surface area contributed by atoms with Crippen molar-refractivity contribution in [3.05, 3.63) is 89.0 Å². The molecule has 0 saturated carbocycles. The molecule has 1 spiro atoms. The van der Waals surface area contributed by atoms with E-state index in [1.165, 1.54) is 14.2 Å². The quantitative estimate of drug-likeness (QED) is 0.400. The van der Waals surface area contributed by atoms with Crippen LogP contribution in [0, 0.1) is 18.8 Å². The number of hydrogen-bond donors (Lipinski definition) is 0.